The molecule has 0 amide bonds. The quantitative estimate of drug-likeness (QED) is 0.563. The van der Waals surface area contributed by atoms with Gasteiger partial charge in [0.1, 0.15) is 0 Å². The van der Waals surface area contributed by atoms with Crippen LogP contribution < -0.4 is 5.73 Å². The number of allylic oxidation sites excluding steroid dienone is 1. The van der Waals surface area contributed by atoms with Crippen LogP contribution in [0.4, 0.5) is 14.5 Å². The molecule has 4 heteroatoms. The second-order valence-electron chi connectivity index (χ2n) is 6.83. The normalized spacial score (nSPS) is 11.4. The first-order chi connectivity index (χ1) is 12.8. The molecule has 2 nitrogen and oxygen atoms in total. The van der Waals surface area contributed by atoms with E-state index in [9.17, 15) is 8.78 Å². The minimum atomic E-state index is -2.90. The Kier molecular flexibility index (Phi) is 5.08. The Bertz CT molecular complexity index is 970. The van der Waals surface area contributed by atoms with Crippen LogP contribution in [0.3, 0.4) is 0 Å². The third kappa shape index (κ3) is 4.22. The van der Waals surface area contributed by atoms with Crippen molar-refractivity contribution in [3.05, 3.63) is 89.6 Å². The van der Waals surface area contributed by atoms with Gasteiger partial charge in [0.25, 0.3) is 5.92 Å². The Morgan fingerprint density at radius 3 is 2.41 bits per heavy atom. The highest BCUT2D eigenvalue weighted by atomic mass is 19.3. The Labute approximate surface area is 158 Å². The van der Waals surface area contributed by atoms with E-state index in [-0.39, 0.29) is 5.56 Å². The molecule has 3 aromatic rings. The maximum absolute atomic E-state index is 13.4. The summed E-state index contributed by atoms with van der Waals surface area (Å²) in [5.41, 5.74) is 12.0. The molecule has 2 N–H and O–H groups in total. The van der Waals surface area contributed by atoms with E-state index < -0.39 is 5.92 Å². The molecule has 0 atom stereocenters. The third-order valence-electron chi connectivity index (χ3n) is 4.63. The lowest BCUT2D eigenvalue weighted by atomic mass is 9.95. The Balaban J connectivity index is 1.78. The summed E-state index contributed by atoms with van der Waals surface area (Å²) in [6.07, 6.45) is 2.28. The molecular weight excluding hydrogens is 342 g/mol. The molecule has 0 aliphatic heterocycles. The predicted molar refractivity (Wildman–Crippen MR) is 108 cm³/mol. The lowest BCUT2D eigenvalue weighted by Crippen LogP contribution is -2.08. The molecule has 1 heterocycles. The van der Waals surface area contributed by atoms with Gasteiger partial charge in [-0.1, -0.05) is 49.0 Å². The van der Waals surface area contributed by atoms with E-state index in [1.807, 2.05) is 43.3 Å². The van der Waals surface area contributed by atoms with Crippen LogP contribution in [0.15, 0.2) is 67.4 Å². The van der Waals surface area contributed by atoms with Gasteiger partial charge in [0.05, 0.1) is 5.69 Å². The van der Waals surface area contributed by atoms with Gasteiger partial charge in [-0.2, -0.15) is 0 Å². The van der Waals surface area contributed by atoms with Gasteiger partial charge in [-0.05, 0) is 47.7 Å². The van der Waals surface area contributed by atoms with Gasteiger partial charge in [-0.15, -0.1) is 0 Å². The molecule has 3 rings (SSSR count). The van der Waals surface area contributed by atoms with Crippen molar-refractivity contribution in [2.75, 3.05) is 5.73 Å². The van der Waals surface area contributed by atoms with Crippen LogP contribution in [0.25, 0.3) is 16.8 Å². The first kappa shape index (κ1) is 18.8. The minimum absolute atomic E-state index is 0.0792. The van der Waals surface area contributed by atoms with Crippen molar-refractivity contribution in [1.29, 1.82) is 0 Å². The van der Waals surface area contributed by atoms with Crippen molar-refractivity contribution in [3.63, 3.8) is 0 Å². The van der Waals surface area contributed by atoms with Crippen molar-refractivity contribution >= 4 is 11.3 Å². The topological polar surface area (TPSA) is 38.9 Å². The Hall–Kier alpha value is -3.01. The van der Waals surface area contributed by atoms with E-state index in [1.165, 1.54) is 12.1 Å². The zero-order valence-corrected chi connectivity index (χ0v) is 15.5. The Morgan fingerprint density at radius 1 is 1.11 bits per heavy atom. The summed E-state index contributed by atoms with van der Waals surface area (Å²) in [5, 5.41) is 0. The van der Waals surface area contributed by atoms with Crippen LogP contribution in [0, 0.1) is 6.92 Å². The highest BCUT2D eigenvalue weighted by Gasteiger charge is 2.24. The standard InChI is InChI=1S/C23H22F2N2/c1-15-5-4-12-27-22(15)18-8-6-17(7-9-18)16(2)13-19-10-11-20(14-21(19)26)23(3,24)25/h4-12,14H,2,13,26H2,1,3H3. The molecular formula is C23H22F2N2. The van der Waals surface area contributed by atoms with E-state index in [0.717, 1.165) is 40.4 Å². The van der Waals surface area contributed by atoms with E-state index in [2.05, 4.69) is 11.6 Å². The number of rotatable bonds is 5. The maximum atomic E-state index is 13.4. The summed E-state index contributed by atoms with van der Waals surface area (Å²) < 4.78 is 26.8. The summed E-state index contributed by atoms with van der Waals surface area (Å²) in [4.78, 5) is 4.43. The van der Waals surface area contributed by atoms with Crippen LogP contribution in [0.5, 0.6) is 0 Å². The number of anilines is 1. The lowest BCUT2D eigenvalue weighted by Gasteiger charge is -2.14. The zero-order valence-electron chi connectivity index (χ0n) is 15.5. The molecule has 0 fully saturated rings. The van der Waals surface area contributed by atoms with E-state index >= 15 is 0 Å². The first-order valence-electron chi connectivity index (χ1n) is 8.72. The van der Waals surface area contributed by atoms with Crippen LogP contribution in [-0.2, 0) is 12.3 Å². The molecule has 0 bridgehead atoms. The van der Waals surface area contributed by atoms with Gasteiger partial charge < -0.3 is 5.73 Å². The monoisotopic (exact) mass is 364 g/mol. The van der Waals surface area contributed by atoms with Crippen LogP contribution in [0.1, 0.15) is 29.2 Å². The van der Waals surface area contributed by atoms with Gasteiger partial charge in [-0.25, -0.2) is 8.78 Å². The molecule has 0 aliphatic carbocycles. The number of hydrogen-bond acceptors (Lipinski definition) is 2. The van der Waals surface area contributed by atoms with Crippen LogP contribution in [0.2, 0.25) is 0 Å². The minimum Gasteiger partial charge on any atom is -0.398 e. The number of benzene rings is 2. The number of pyridine rings is 1. The number of alkyl halides is 2. The average molecular weight is 364 g/mol. The second kappa shape index (κ2) is 7.31. The van der Waals surface area contributed by atoms with Crippen molar-refractivity contribution in [2.45, 2.75) is 26.2 Å². The third-order valence-corrected chi connectivity index (χ3v) is 4.63. The molecule has 1 aromatic heterocycles. The fourth-order valence-electron chi connectivity index (χ4n) is 3.01. The second-order valence-corrected chi connectivity index (χ2v) is 6.83. The summed E-state index contributed by atoms with van der Waals surface area (Å²) in [6, 6.07) is 16.4. The number of nitrogens with zero attached hydrogens (tertiary/aromatic N) is 1. The van der Waals surface area contributed by atoms with Gasteiger partial charge in [0, 0.05) is 29.9 Å². The summed E-state index contributed by atoms with van der Waals surface area (Å²) in [5.74, 6) is -2.90. The van der Waals surface area contributed by atoms with Crippen molar-refractivity contribution in [2.24, 2.45) is 0 Å². The molecule has 0 unspecified atom stereocenters. The molecule has 0 saturated heterocycles. The molecule has 0 radical (unpaired) electrons. The highest BCUT2D eigenvalue weighted by molar-refractivity contribution is 5.71. The molecule has 138 valence electrons. The van der Waals surface area contributed by atoms with Crippen molar-refractivity contribution in [1.82, 2.24) is 4.98 Å². The molecule has 0 spiro atoms. The van der Waals surface area contributed by atoms with E-state index in [0.29, 0.717) is 12.1 Å². The smallest absolute Gasteiger partial charge is 0.270 e. The fourth-order valence-corrected chi connectivity index (χ4v) is 3.01. The molecule has 27 heavy (non-hydrogen) atoms. The van der Waals surface area contributed by atoms with Crippen molar-refractivity contribution in [3.8, 4) is 11.3 Å². The number of halogens is 2. The summed E-state index contributed by atoms with van der Waals surface area (Å²) >= 11 is 0. The summed E-state index contributed by atoms with van der Waals surface area (Å²) in [7, 11) is 0. The van der Waals surface area contributed by atoms with Gasteiger partial charge in [0.2, 0.25) is 0 Å². The van der Waals surface area contributed by atoms with Gasteiger partial charge in [-0.3, -0.25) is 4.98 Å². The lowest BCUT2D eigenvalue weighted by molar-refractivity contribution is 0.0175. The summed E-state index contributed by atoms with van der Waals surface area (Å²) in [6.45, 7) is 7.03. The van der Waals surface area contributed by atoms with E-state index in [1.54, 1.807) is 12.3 Å². The number of aromatic nitrogens is 1. The maximum Gasteiger partial charge on any atom is 0.270 e. The highest BCUT2D eigenvalue weighted by Crippen LogP contribution is 2.31. The average Bonchev–Trinajstić information content (AvgIpc) is 2.63. The largest absolute Gasteiger partial charge is 0.398 e. The Morgan fingerprint density at radius 2 is 1.81 bits per heavy atom. The number of nitrogens with two attached hydrogens (primary N) is 1. The SMILES string of the molecule is C=C(Cc1ccc(C(C)(F)F)cc1N)c1ccc(-c2ncccc2C)cc1. The van der Waals surface area contributed by atoms with Crippen LogP contribution in [-0.4, -0.2) is 4.98 Å². The number of nitrogen functional groups attached to an aromatic ring is 1. The fraction of sp³-hybridized carbons (Fsp3) is 0.174. The van der Waals surface area contributed by atoms with Gasteiger partial charge >= 0.3 is 0 Å². The first-order valence-corrected chi connectivity index (χ1v) is 8.72. The zero-order chi connectivity index (χ0) is 19.6. The van der Waals surface area contributed by atoms with E-state index in [4.69, 9.17) is 5.73 Å². The van der Waals surface area contributed by atoms with Crippen LogP contribution >= 0.6 is 0 Å². The number of hydrogen-bond donors (Lipinski definition) is 1. The molecule has 2 aromatic carbocycles. The molecule has 0 saturated carbocycles. The number of aryl methyl sites for hydroxylation is 1. The molecule has 0 aliphatic rings. The van der Waals surface area contributed by atoms with Crippen molar-refractivity contribution < 1.29 is 8.78 Å². The van der Waals surface area contributed by atoms with Gasteiger partial charge in [0.15, 0.2) is 0 Å². The predicted octanol–water partition coefficient (Wildman–Crippen LogP) is 6.01.